The van der Waals surface area contributed by atoms with Crippen molar-refractivity contribution < 1.29 is 17.5 Å². The van der Waals surface area contributed by atoms with Crippen LogP contribution < -0.4 is 10.3 Å². The zero-order chi connectivity index (χ0) is 23.6. The third-order valence-electron chi connectivity index (χ3n) is 5.11. The monoisotopic (exact) mass is 479 g/mol. The molecule has 0 spiro atoms. The highest BCUT2D eigenvalue weighted by molar-refractivity contribution is 7.91. The lowest BCUT2D eigenvalue weighted by atomic mass is 10.2. The van der Waals surface area contributed by atoms with Crippen molar-refractivity contribution in [3.63, 3.8) is 0 Å². The quantitative estimate of drug-likeness (QED) is 0.497. The van der Waals surface area contributed by atoms with Gasteiger partial charge in [0.05, 0.1) is 27.4 Å². The smallest absolute Gasteiger partial charge is 0.322 e. The number of ether oxygens (including phenoxy) is 1. The highest BCUT2D eigenvalue weighted by Gasteiger charge is 2.22. The molecule has 0 bridgehead atoms. The van der Waals surface area contributed by atoms with Crippen LogP contribution in [0.2, 0.25) is 5.02 Å². The Balaban J connectivity index is 2.13. The summed E-state index contributed by atoms with van der Waals surface area (Å²) in [6.07, 6.45) is 2.01. The number of rotatable bonds is 7. The van der Waals surface area contributed by atoms with E-state index in [1.807, 2.05) is 0 Å². The highest BCUT2D eigenvalue weighted by Crippen LogP contribution is 2.34. The van der Waals surface area contributed by atoms with Gasteiger partial charge in [-0.25, -0.2) is 12.8 Å². The van der Waals surface area contributed by atoms with E-state index in [0.29, 0.717) is 23.2 Å². The summed E-state index contributed by atoms with van der Waals surface area (Å²) < 4.78 is 46.7. The normalized spacial score (nSPS) is 12.6. The molecule has 0 saturated heterocycles. The van der Waals surface area contributed by atoms with Gasteiger partial charge in [0.25, 0.3) is 0 Å². The molecular formula is C22H23ClFN3O4S. The van der Waals surface area contributed by atoms with E-state index in [1.54, 1.807) is 40.1 Å². The zero-order valence-corrected chi connectivity index (χ0v) is 19.7. The van der Waals surface area contributed by atoms with E-state index < -0.39 is 20.9 Å². The number of hydrogen-bond acceptors (Lipinski definition) is 6. The van der Waals surface area contributed by atoms with Crippen LogP contribution in [0.3, 0.4) is 0 Å². The fourth-order valence-electron chi connectivity index (χ4n) is 2.90. The molecule has 0 saturated carbocycles. The molecule has 0 aliphatic heterocycles. The largest absolute Gasteiger partial charge is 0.420 e. The van der Waals surface area contributed by atoms with Crippen molar-refractivity contribution in [3.8, 4) is 23.0 Å². The minimum absolute atomic E-state index is 0.0647. The van der Waals surface area contributed by atoms with Gasteiger partial charge in [-0.1, -0.05) is 24.6 Å². The van der Waals surface area contributed by atoms with Crippen molar-refractivity contribution in [2.75, 3.05) is 0 Å². The third-order valence-corrected chi connectivity index (χ3v) is 7.84. The predicted molar refractivity (Wildman–Crippen MR) is 121 cm³/mol. The second kappa shape index (κ2) is 9.38. The second-order valence-electron chi connectivity index (χ2n) is 7.53. The minimum Gasteiger partial charge on any atom is -0.420 e. The molecule has 2 heterocycles. The maximum Gasteiger partial charge on any atom is 0.322 e. The van der Waals surface area contributed by atoms with E-state index in [4.69, 9.17) is 16.3 Å². The van der Waals surface area contributed by atoms with Crippen LogP contribution in [-0.2, 0) is 22.6 Å². The summed E-state index contributed by atoms with van der Waals surface area (Å²) in [4.78, 5) is 20.3. The van der Waals surface area contributed by atoms with Gasteiger partial charge in [-0.3, -0.25) is 4.79 Å². The van der Waals surface area contributed by atoms with E-state index >= 15 is 0 Å². The maximum absolute atomic E-state index is 14.4. The van der Waals surface area contributed by atoms with Crippen LogP contribution in [0.1, 0.15) is 31.5 Å². The average molecular weight is 480 g/mol. The SMILES string of the molecule is CC[C@H](C)S(=O)(=O)Cc1cc(-c2ccc(=O)n(C)c2)nc(Oc2c(F)ccc(C)c2Cl)n1. The number of aromatic nitrogens is 3. The van der Waals surface area contributed by atoms with Gasteiger partial charge in [0.15, 0.2) is 21.4 Å². The van der Waals surface area contributed by atoms with Gasteiger partial charge in [0, 0.05) is 24.9 Å². The van der Waals surface area contributed by atoms with Crippen molar-refractivity contribution in [2.24, 2.45) is 7.05 Å². The van der Waals surface area contributed by atoms with Crippen LogP contribution in [-0.4, -0.2) is 28.2 Å². The first kappa shape index (κ1) is 23.9. The van der Waals surface area contributed by atoms with Crippen LogP contribution >= 0.6 is 11.6 Å². The lowest BCUT2D eigenvalue weighted by Crippen LogP contribution is -2.19. The fraction of sp³-hybridized carbons (Fsp3) is 0.318. The van der Waals surface area contributed by atoms with E-state index in [-0.39, 0.29) is 33.8 Å². The van der Waals surface area contributed by atoms with Crippen molar-refractivity contribution in [1.29, 1.82) is 0 Å². The Morgan fingerprint density at radius 2 is 1.94 bits per heavy atom. The first-order chi connectivity index (χ1) is 15.0. The Bertz CT molecular complexity index is 1330. The molecule has 0 fully saturated rings. The number of sulfone groups is 1. The van der Waals surface area contributed by atoms with Crippen LogP contribution in [0.5, 0.6) is 11.8 Å². The van der Waals surface area contributed by atoms with E-state index in [0.717, 1.165) is 0 Å². The number of aryl methyl sites for hydroxylation is 2. The first-order valence-corrected chi connectivity index (χ1v) is 12.0. The number of halogens is 2. The molecule has 0 N–H and O–H groups in total. The van der Waals surface area contributed by atoms with Crippen LogP contribution in [0.25, 0.3) is 11.3 Å². The molecule has 1 aromatic carbocycles. The first-order valence-electron chi connectivity index (χ1n) is 9.91. The number of pyridine rings is 1. The summed E-state index contributed by atoms with van der Waals surface area (Å²) in [5, 5.41) is -0.499. The lowest BCUT2D eigenvalue weighted by molar-refractivity contribution is 0.410. The molecule has 7 nitrogen and oxygen atoms in total. The molecule has 0 aliphatic rings. The molecule has 3 rings (SSSR count). The molecule has 1 atom stereocenters. The van der Waals surface area contributed by atoms with Crippen LogP contribution in [0.15, 0.2) is 41.3 Å². The third kappa shape index (κ3) is 5.16. The van der Waals surface area contributed by atoms with E-state index in [1.165, 1.54) is 28.8 Å². The van der Waals surface area contributed by atoms with E-state index in [2.05, 4.69) is 9.97 Å². The standard InChI is InChI=1S/C22H23ClFN3O4S/c1-5-14(3)32(29,30)12-16-10-18(15-7-9-19(28)27(4)11-15)26-22(25-16)31-21-17(24)8-6-13(2)20(21)23/h6-11,14H,5,12H2,1-4H3/t14-/m0/s1. The maximum atomic E-state index is 14.4. The number of hydrogen-bond donors (Lipinski definition) is 0. The van der Waals surface area contributed by atoms with E-state index in [9.17, 15) is 17.6 Å². The molecule has 2 aromatic heterocycles. The Labute approximate surface area is 190 Å². The summed E-state index contributed by atoms with van der Waals surface area (Å²) in [6.45, 7) is 5.11. The van der Waals surface area contributed by atoms with Crippen molar-refractivity contribution >= 4 is 21.4 Å². The predicted octanol–water partition coefficient (Wildman–Crippen LogP) is 4.45. The van der Waals surface area contributed by atoms with Gasteiger partial charge in [0.2, 0.25) is 5.56 Å². The molecule has 0 radical (unpaired) electrons. The Morgan fingerprint density at radius 1 is 1.22 bits per heavy atom. The summed E-state index contributed by atoms with van der Waals surface area (Å²) in [5.74, 6) is -1.30. The average Bonchev–Trinajstić information content (AvgIpc) is 2.74. The summed E-state index contributed by atoms with van der Waals surface area (Å²) in [5.41, 5.74) is 1.43. The zero-order valence-electron chi connectivity index (χ0n) is 18.1. The van der Waals surface area contributed by atoms with Gasteiger partial charge in [-0.15, -0.1) is 0 Å². The Hall–Kier alpha value is -2.78. The van der Waals surface area contributed by atoms with Crippen molar-refractivity contribution in [2.45, 2.75) is 38.2 Å². The van der Waals surface area contributed by atoms with Gasteiger partial charge < -0.3 is 9.30 Å². The molecule has 0 unspecified atom stereocenters. The van der Waals surface area contributed by atoms with Crippen molar-refractivity contribution in [1.82, 2.24) is 14.5 Å². The summed E-state index contributed by atoms with van der Waals surface area (Å²) in [7, 11) is -1.91. The van der Waals surface area contributed by atoms with Crippen molar-refractivity contribution in [3.05, 3.63) is 69.0 Å². The van der Waals surface area contributed by atoms with Crippen LogP contribution in [0.4, 0.5) is 4.39 Å². The molecule has 3 aromatic rings. The summed E-state index contributed by atoms with van der Waals surface area (Å²) in [6, 6.07) is 6.91. The van der Waals surface area contributed by atoms with Gasteiger partial charge >= 0.3 is 6.01 Å². The molecule has 32 heavy (non-hydrogen) atoms. The molecule has 10 heteroatoms. The van der Waals surface area contributed by atoms with Gasteiger partial charge in [0.1, 0.15) is 0 Å². The van der Waals surface area contributed by atoms with Gasteiger partial charge in [-0.2, -0.15) is 9.97 Å². The number of nitrogens with zero attached hydrogens (tertiary/aromatic N) is 3. The summed E-state index contributed by atoms with van der Waals surface area (Å²) >= 11 is 6.20. The molecular weight excluding hydrogens is 457 g/mol. The lowest BCUT2D eigenvalue weighted by Gasteiger charge is -2.14. The Kier molecular flexibility index (Phi) is 7.00. The van der Waals surface area contributed by atoms with Gasteiger partial charge in [-0.05, 0) is 44.0 Å². The van der Waals surface area contributed by atoms with Crippen LogP contribution in [0, 0.1) is 12.7 Å². The molecule has 170 valence electrons. The Morgan fingerprint density at radius 3 is 2.59 bits per heavy atom. The highest BCUT2D eigenvalue weighted by atomic mass is 35.5. The number of benzene rings is 1. The molecule has 0 aliphatic carbocycles. The topological polar surface area (TPSA) is 91.2 Å². The second-order valence-corrected chi connectivity index (χ2v) is 10.3. The molecule has 0 amide bonds. The minimum atomic E-state index is -3.49. The fourth-order valence-corrected chi connectivity index (χ4v) is 4.45.